The Balaban J connectivity index is 1.52. The van der Waals surface area contributed by atoms with Gasteiger partial charge in [-0.05, 0) is 58.5 Å². The van der Waals surface area contributed by atoms with Crippen molar-refractivity contribution in [2.45, 2.75) is 43.5 Å². The molecule has 0 aliphatic carbocycles. The number of hydrogen-bond acceptors (Lipinski definition) is 8. The highest BCUT2D eigenvalue weighted by molar-refractivity contribution is 8.03. The zero-order chi connectivity index (χ0) is 29.6. The lowest BCUT2D eigenvalue weighted by Crippen LogP contribution is -2.41. The van der Waals surface area contributed by atoms with Crippen LogP contribution in [-0.4, -0.2) is 97.0 Å². The molecule has 1 aromatic carbocycles. The molecule has 0 bridgehead atoms. The number of benzene rings is 1. The Kier molecular flexibility index (Phi) is 10.5. The Morgan fingerprint density at radius 1 is 1.05 bits per heavy atom. The van der Waals surface area contributed by atoms with E-state index in [0.717, 1.165) is 63.0 Å². The number of fused-ring (bicyclic) bond motifs is 2. The van der Waals surface area contributed by atoms with Gasteiger partial charge in [-0.3, -0.25) is 0 Å². The number of aromatic nitrogens is 4. The number of para-hydroxylation sites is 1. The quantitative estimate of drug-likeness (QED) is 0.113. The molecule has 4 rings (SSSR count). The summed E-state index contributed by atoms with van der Waals surface area (Å²) >= 11 is 1.68. The number of nitrogens with zero attached hydrogens (tertiary/aromatic N) is 7. The molecule has 3 aromatic rings. The molecule has 10 nitrogen and oxygen atoms in total. The van der Waals surface area contributed by atoms with Crippen molar-refractivity contribution in [3.05, 3.63) is 47.6 Å². The molecule has 1 aliphatic heterocycles. The van der Waals surface area contributed by atoms with E-state index >= 15 is 0 Å². The van der Waals surface area contributed by atoms with Crippen LogP contribution in [0.5, 0.6) is 0 Å². The number of hydrogen-bond donors (Lipinski definition) is 0. The number of aryl methyl sites for hydroxylation is 2. The molecule has 0 atom stereocenters. The van der Waals surface area contributed by atoms with Crippen molar-refractivity contribution in [3.8, 4) is 0 Å². The first-order valence-electron chi connectivity index (χ1n) is 14.3. The molecule has 0 fully saturated rings. The third-order valence-corrected chi connectivity index (χ3v) is 9.37. The Bertz CT molecular complexity index is 1470. The van der Waals surface area contributed by atoms with E-state index in [1.807, 2.05) is 30.1 Å². The molecule has 0 unspecified atom stereocenters. The van der Waals surface area contributed by atoms with E-state index in [1.54, 1.807) is 18.1 Å². The molecule has 0 spiro atoms. The fourth-order valence-corrected chi connectivity index (χ4v) is 6.92. The summed E-state index contributed by atoms with van der Waals surface area (Å²) in [4.78, 5) is 15.1. The van der Waals surface area contributed by atoms with Gasteiger partial charge in [-0.1, -0.05) is 28.9 Å². The highest BCUT2D eigenvalue weighted by Gasteiger charge is 2.27. The predicted molar refractivity (Wildman–Crippen MR) is 164 cm³/mol. The van der Waals surface area contributed by atoms with Crippen LogP contribution in [0.1, 0.15) is 37.8 Å². The molecule has 0 saturated heterocycles. The van der Waals surface area contributed by atoms with E-state index < -0.39 is 10.1 Å². The van der Waals surface area contributed by atoms with Gasteiger partial charge < -0.3 is 23.4 Å². The van der Waals surface area contributed by atoms with Crippen LogP contribution >= 0.6 is 11.8 Å². The second kappa shape index (κ2) is 13.6. The van der Waals surface area contributed by atoms with Crippen LogP contribution < -0.4 is 9.47 Å². The third-order valence-electron chi connectivity index (χ3n) is 7.47. The minimum atomic E-state index is -4.21. The van der Waals surface area contributed by atoms with Gasteiger partial charge in [-0.2, -0.15) is 0 Å². The SMILES string of the molecule is CN(C)CCCC[N+](C)(C)CCCn1cnc2c1c(/C=C1\Sc3ccccc3N1CCCCS(=O)(=O)[O-])nc[n+]2C. The van der Waals surface area contributed by atoms with Crippen LogP contribution in [0.4, 0.5) is 5.69 Å². The van der Waals surface area contributed by atoms with Gasteiger partial charge in [-0.25, -0.2) is 13.0 Å². The van der Waals surface area contributed by atoms with E-state index in [2.05, 4.69) is 60.8 Å². The summed E-state index contributed by atoms with van der Waals surface area (Å²) in [6.07, 6.45) is 10.2. The molecule has 0 saturated carbocycles. The zero-order valence-corrected chi connectivity index (χ0v) is 26.6. The van der Waals surface area contributed by atoms with Gasteiger partial charge in [0.2, 0.25) is 6.33 Å². The summed E-state index contributed by atoms with van der Waals surface area (Å²) in [7, 11) is 6.64. The summed E-state index contributed by atoms with van der Waals surface area (Å²) in [5.41, 5.74) is 3.84. The van der Waals surface area contributed by atoms with Crippen LogP contribution in [0.15, 0.2) is 46.8 Å². The van der Waals surface area contributed by atoms with Crippen molar-refractivity contribution in [2.24, 2.45) is 7.05 Å². The van der Waals surface area contributed by atoms with Crippen LogP contribution in [0.2, 0.25) is 0 Å². The Labute approximate surface area is 249 Å². The Morgan fingerprint density at radius 2 is 1.80 bits per heavy atom. The lowest BCUT2D eigenvalue weighted by atomic mass is 10.2. The minimum absolute atomic E-state index is 0.336. The van der Waals surface area contributed by atoms with Crippen molar-refractivity contribution in [1.82, 2.24) is 19.4 Å². The lowest BCUT2D eigenvalue weighted by molar-refractivity contribution is -0.890. The van der Waals surface area contributed by atoms with Crippen LogP contribution in [-0.2, 0) is 23.7 Å². The average molecular weight is 603 g/mol. The number of unbranched alkanes of at least 4 members (excludes halogenated alkanes) is 2. The van der Waals surface area contributed by atoms with Gasteiger partial charge in [0.15, 0.2) is 17.5 Å². The Hall–Kier alpha value is -2.51. The highest BCUT2D eigenvalue weighted by Crippen LogP contribution is 2.46. The maximum atomic E-state index is 11.1. The fraction of sp³-hybridized carbons (Fsp3) is 0.552. The van der Waals surface area contributed by atoms with Crippen LogP contribution in [0.25, 0.3) is 17.2 Å². The fourth-order valence-electron chi connectivity index (χ4n) is 5.24. The molecule has 1 aliphatic rings. The van der Waals surface area contributed by atoms with Gasteiger partial charge >= 0.3 is 0 Å². The number of thioether (sulfide) groups is 1. The standard InChI is InChI=1S/C29H44N7O3S2/c1-32(2)15-8-10-18-36(4,5)19-12-16-34-23-31-29-28(34)24(30-22-33(29)3)21-27-35(17-9-11-20-41(37,38)39)25-13-6-7-14-26(25)40-27/h6-7,13-14,21-23H,8-12,15-20H2,1-5H3/q+1. The van der Waals surface area contributed by atoms with E-state index in [-0.39, 0.29) is 5.75 Å². The van der Waals surface area contributed by atoms with E-state index in [9.17, 15) is 13.0 Å². The largest absolute Gasteiger partial charge is 0.748 e. The van der Waals surface area contributed by atoms with Gasteiger partial charge in [0.05, 0.1) is 55.1 Å². The Morgan fingerprint density at radius 3 is 2.56 bits per heavy atom. The maximum Gasteiger partial charge on any atom is 0.291 e. The summed E-state index contributed by atoms with van der Waals surface area (Å²) in [5, 5.41) is 1.03. The molecule has 0 N–H and O–H groups in total. The van der Waals surface area contributed by atoms with E-state index in [4.69, 9.17) is 9.97 Å². The van der Waals surface area contributed by atoms with Crippen LogP contribution in [0, 0.1) is 0 Å². The molecular weight excluding hydrogens is 558 g/mol. The zero-order valence-electron chi connectivity index (χ0n) is 25.0. The molecule has 0 amide bonds. The van der Waals surface area contributed by atoms with Crippen molar-refractivity contribution in [1.29, 1.82) is 0 Å². The topological polar surface area (TPSA) is 98.3 Å². The molecule has 41 heavy (non-hydrogen) atoms. The molecular formula is C29H44N7O3S2+. The third kappa shape index (κ3) is 8.74. The van der Waals surface area contributed by atoms with Crippen molar-refractivity contribution in [3.63, 3.8) is 0 Å². The number of quaternary nitrogens is 1. The summed E-state index contributed by atoms with van der Waals surface area (Å²) in [6, 6.07) is 8.20. The van der Waals surface area contributed by atoms with Crippen molar-refractivity contribution < 1.29 is 22.0 Å². The second-order valence-electron chi connectivity index (χ2n) is 11.8. The highest BCUT2D eigenvalue weighted by atomic mass is 32.2. The first kappa shape index (κ1) is 31.4. The number of rotatable bonds is 15. The summed E-state index contributed by atoms with van der Waals surface area (Å²) < 4.78 is 38.5. The molecule has 0 radical (unpaired) electrons. The van der Waals surface area contributed by atoms with Crippen LogP contribution in [0.3, 0.4) is 0 Å². The first-order valence-corrected chi connectivity index (χ1v) is 16.7. The number of imidazole rings is 1. The molecule has 3 heterocycles. The summed E-state index contributed by atoms with van der Waals surface area (Å²) in [6.45, 7) is 4.86. The summed E-state index contributed by atoms with van der Waals surface area (Å²) in [5.74, 6) is -0.336. The minimum Gasteiger partial charge on any atom is -0.748 e. The van der Waals surface area contributed by atoms with Gasteiger partial charge in [0.25, 0.3) is 5.65 Å². The maximum absolute atomic E-state index is 11.1. The second-order valence-corrected chi connectivity index (χ2v) is 14.4. The van der Waals surface area contributed by atoms with Crippen molar-refractivity contribution >= 4 is 44.8 Å². The molecule has 12 heteroatoms. The normalized spacial score (nSPS) is 15.0. The molecule has 224 valence electrons. The average Bonchev–Trinajstić information content (AvgIpc) is 3.47. The lowest BCUT2D eigenvalue weighted by Gasteiger charge is -2.30. The van der Waals surface area contributed by atoms with Crippen molar-refractivity contribution in [2.75, 3.05) is 65.0 Å². The van der Waals surface area contributed by atoms with Gasteiger partial charge in [-0.15, -0.1) is 4.98 Å². The predicted octanol–water partition coefficient (Wildman–Crippen LogP) is 3.30. The monoisotopic (exact) mass is 602 g/mol. The number of anilines is 1. The smallest absolute Gasteiger partial charge is 0.291 e. The van der Waals surface area contributed by atoms with E-state index in [1.165, 1.54) is 19.4 Å². The van der Waals surface area contributed by atoms with Gasteiger partial charge in [0.1, 0.15) is 0 Å². The first-order chi connectivity index (χ1) is 19.4. The molecule has 2 aromatic heterocycles. The van der Waals surface area contributed by atoms with E-state index in [0.29, 0.717) is 19.4 Å². The van der Waals surface area contributed by atoms with Gasteiger partial charge in [0, 0.05) is 36.2 Å².